The molecule has 0 saturated carbocycles. The van der Waals surface area contributed by atoms with Crippen LogP contribution in [0.4, 0.5) is 17.1 Å². The summed E-state index contributed by atoms with van der Waals surface area (Å²) in [7, 11) is -1.91. The lowest BCUT2D eigenvalue weighted by Crippen LogP contribution is -2.32. The molecule has 9 heteroatoms. The number of carbonyl (C=O) groups excluding carboxylic acids is 2. The molecule has 1 atom stereocenters. The van der Waals surface area contributed by atoms with Gasteiger partial charge in [-0.05, 0) is 72.0 Å². The first kappa shape index (κ1) is 28.7. The maximum atomic E-state index is 12.9. The molecule has 202 valence electrons. The number of carbonyl (C=O) groups is 2. The van der Waals surface area contributed by atoms with Gasteiger partial charge in [0.2, 0.25) is 10.0 Å². The van der Waals surface area contributed by atoms with Crippen molar-refractivity contribution in [3.8, 4) is 5.75 Å². The summed E-state index contributed by atoms with van der Waals surface area (Å²) in [5.41, 5.74) is 3.24. The lowest BCUT2D eigenvalue weighted by atomic mass is 9.87. The summed E-state index contributed by atoms with van der Waals surface area (Å²) in [6.45, 7) is 8.18. The van der Waals surface area contributed by atoms with Gasteiger partial charge in [-0.1, -0.05) is 45.9 Å². The summed E-state index contributed by atoms with van der Waals surface area (Å²) in [6, 6.07) is 20.9. The van der Waals surface area contributed by atoms with E-state index in [2.05, 4.69) is 31.4 Å². The molecule has 0 radical (unpaired) electrons. The Morgan fingerprint density at radius 1 is 0.921 bits per heavy atom. The summed E-state index contributed by atoms with van der Waals surface area (Å²) >= 11 is 0. The van der Waals surface area contributed by atoms with Gasteiger partial charge in [0.15, 0.2) is 6.10 Å². The zero-order valence-electron chi connectivity index (χ0n) is 22.6. The fourth-order valence-electron chi connectivity index (χ4n) is 3.63. The first-order chi connectivity index (χ1) is 17.8. The smallest absolute Gasteiger partial charge is 0.265 e. The number of rotatable bonds is 9. The van der Waals surface area contributed by atoms with Crippen LogP contribution < -0.4 is 19.7 Å². The van der Waals surface area contributed by atoms with Crippen LogP contribution in [0.1, 0.15) is 50.0 Å². The molecular formula is C29H35N3O5S. The molecule has 3 aromatic rings. The Labute approximate surface area is 225 Å². The Bertz CT molecular complexity index is 1380. The van der Waals surface area contributed by atoms with Crippen molar-refractivity contribution < 1.29 is 22.7 Å². The number of benzene rings is 3. The largest absolute Gasteiger partial charge is 0.481 e. The van der Waals surface area contributed by atoms with E-state index in [1.807, 2.05) is 19.1 Å². The maximum absolute atomic E-state index is 12.9. The molecule has 0 fully saturated rings. The normalized spacial score (nSPS) is 12.4. The predicted molar refractivity (Wildman–Crippen MR) is 153 cm³/mol. The van der Waals surface area contributed by atoms with Crippen LogP contribution in [0, 0.1) is 0 Å². The first-order valence-electron chi connectivity index (χ1n) is 12.3. The maximum Gasteiger partial charge on any atom is 0.265 e. The second-order valence-corrected chi connectivity index (χ2v) is 12.1. The summed E-state index contributed by atoms with van der Waals surface area (Å²) in [5.74, 6) is -0.143. The topological polar surface area (TPSA) is 105 Å². The van der Waals surface area contributed by atoms with Crippen LogP contribution in [0.3, 0.4) is 0 Å². The fraction of sp³-hybridized carbons (Fsp3) is 0.310. The van der Waals surface area contributed by atoms with E-state index in [4.69, 9.17) is 4.74 Å². The van der Waals surface area contributed by atoms with Gasteiger partial charge in [-0.3, -0.25) is 13.9 Å². The number of nitrogens with zero attached hydrogens (tertiary/aromatic N) is 1. The number of amides is 2. The second kappa shape index (κ2) is 11.7. The summed E-state index contributed by atoms with van der Waals surface area (Å²) in [6.07, 6.45) is 0.769. The summed E-state index contributed by atoms with van der Waals surface area (Å²) < 4.78 is 30.5. The predicted octanol–water partition coefficient (Wildman–Crippen LogP) is 5.43. The zero-order valence-corrected chi connectivity index (χ0v) is 23.4. The van der Waals surface area contributed by atoms with Gasteiger partial charge < -0.3 is 15.4 Å². The van der Waals surface area contributed by atoms with Crippen LogP contribution in [0.5, 0.6) is 5.75 Å². The van der Waals surface area contributed by atoms with Crippen LogP contribution >= 0.6 is 0 Å². The highest BCUT2D eigenvalue weighted by atomic mass is 32.2. The minimum absolute atomic E-state index is 0.0000110. The molecule has 0 aliphatic carbocycles. The third kappa shape index (κ3) is 7.58. The Balaban J connectivity index is 1.63. The van der Waals surface area contributed by atoms with Gasteiger partial charge in [0.25, 0.3) is 11.8 Å². The van der Waals surface area contributed by atoms with E-state index in [1.165, 1.54) is 7.05 Å². The van der Waals surface area contributed by atoms with Gasteiger partial charge in [-0.2, -0.15) is 0 Å². The van der Waals surface area contributed by atoms with Crippen LogP contribution in [-0.4, -0.2) is 39.6 Å². The van der Waals surface area contributed by atoms with Crippen molar-refractivity contribution in [1.29, 1.82) is 0 Å². The van der Waals surface area contributed by atoms with E-state index < -0.39 is 16.1 Å². The van der Waals surface area contributed by atoms with Gasteiger partial charge in [-0.25, -0.2) is 8.42 Å². The lowest BCUT2D eigenvalue weighted by Gasteiger charge is -2.20. The Hall–Kier alpha value is -3.85. The highest BCUT2D eigenvalue weighted by Gasteiger charge is 2.20. The minimum atomic E-state index is -3.38. The number of hydrogen-bond donors (Lipinski definition) is 2. The molecule has 2 N–H and O–H groups in total. The highest BCUT2D eigenvalue weighted by Crippen LogP contribution is 2.24. The lowest BCUT2D eigenvalue weighted by molar-refractivity contribution is -0.122. The van der Waals surface area contributed by atoms with Crippen molar-refractivity contribution in [2.24, 2.45) is 0 Å². The van der Waals surface area contributed by atoms with Gasteiger partial charge in [0.1, 0.15) is 5.75 Å². The SMILES string of the molecule is CC[C@@H](Oc1ccc(N(C)S(C)(=O)=O)cc1)C(=O)Nc1cccc(NC(=O)c2ccc(C(C)(C)C)cc2)c1. The third-order valence-corrected chi connectivity index (χ3v) is 7.25. The molecule has 0 aliphatic rings. The molecule has 3 aromatic carbocycles. The van der Waals surface area contributed by atoms with Gasteiger partial charge in [-0.15, -0.1) is 0 Å². The van der Waals surface area contributed by atoms with E-state index in [0.717, 1.165) is 16.1 Å². The van der Waals surface area contributed by atoms with E-state index in [1.54, 1.807) is 60.7 Å². The van der Waals surface area contributed by atoms with Gasteiger partial charge >= 0.3 is 0 Å². The fourth-order valence-corrected chi connectivity index (χ4v) is 4.14. The van der Waals surface area contributed by atoms with Crippen LogP contribution in [-0.2, 0) is 20.2 Å². The molecule has 0 unspecified atom stereocenters. The molecule has 0 aromatic heterocycles. The molecule has 0 bridgehead atoms. The Morgan fingerprint density at radius 3 is 2.03 bits per heavy atom. The van der Waals surface area contributed by atoms with E-state index in [0.29, 0.717) is 34.8 Å². The minimum Gasteiger partial charge on any atom is -0.481 e. The molecular weight excluding hydrogens is 502 g/mol. The van der Waals surface area contributed by atoms with E-state index in [9.17, 15) is 18.0 Å². The average molecular weight is 538 g/mol. The molecule has 38 heavy (non-hydrogen) atoms. The molecule has 0 saturated heterocycles. The van der Waals surface area contributed by atoms with Crippen molar-refractivity contribution in [2.45, 2.75) is 45.6 Å². The zero-order chi connectivity index (χ0) is 28.1. The van der Waals surface area contributed by atoms with Crippen molar-refractivity contribution in [3.05, 3.63) is 83.9 Å². The third-order valence-electron chi connectivity index (χ3n) is 6.04. The Kier molecular flexibility index (Phi) is 8.83. The van der Waals surface area contributed by atoms with Crippen molar-refractivity contribution >= 4 is 38.9 Å². The molecule has 0 heterocycles. The number of nitrogens with one attached hydrogen (secondary N) is 2. The molecule has 0 aliphatic heterocycles. The summed E-state index contributed by atoms with van der Waals surface area (Å²) in [4.78, 5) is 25.6. The van der Waals surface area contributed by atoms with Crippen LogP contribution in [0.15, 0.2) is 72.8 Å². The number of ether oxygens (including phenoxy) is 1. The van der Waals surface area contributed by atoms with Crippen molar-refractivity contribution in [1.82, 2.24) is 0 Å². The van der Waals surface area contributed by atoms with Gasteiger partial charge in [0.05, 0.1) is 11.9 Å². The summed E-state index contributed by atoms with van der Waals surface area (Å²) in [5, 5.41) is 5.71. The monoisotopic (exact) mass is 537 g/mol. The highest BCUT2D eigenvalue weighted by molar-refractivity contribution is 7.92. The average Bonchev–Trinajstić information content (AvgIpc) is 2.86. The van der Waals surface area contributed by atoms with Crippen LogP contribution in [0.2, 0.25) is 0 Å². The number of anilines is 3. The van der Waals surface area contributed by atoms with E-state index >= 15 is 0 Å². The first-order valence-corrected chi connectivity index (χ1v) is 14.2. The Morgan fingerprint density at radius 2 is 1.50 bits per heavy atom. The number of sulfonamides is 1. The van der Waals surface area contributed by atoms with Crippen molar-refractivity contribution in [2.75, 3.05) is 28.2 Å². The molecule has 3 rings (SSSR count). The molecule has 0 spiro atoms. The standard InChI is InChI=1S/C29H35N3O5S/c1-7-26(37-25-17-15-24(16-18-25)32(5)38(6,35)36)28(34)31-23-10-8-9-22(19-23)30-27(33)20-11-13-21(14-12-20)29(2,3)4/h8-19,26H,7H2,1-6H3,(H,30,33)(H,31,34)/t26-/m1/s1. The van der Waals surface area contributed by atoms with Crippen LogP contribution in [0.25, 0.3) is 0 Å². The van der Waals surface area contributed by atoms with Gasteiger partial charge in [0, 0.05) is 24.0 Å². The van der Waals surface area contributed by atoms with Crippen molar-refractivity contribution in [3.63, 3.8) is 0 Å². The van der Waals surface area contributed by atoms with E-state index in [-0.39, 0.29) is 17.2 Å². The number of hydrogen-bond acceptors (Lipinski definition) is 5. The molecule has 2 amide bonds. The quantitative estimate of drug-likeness (QED) is 0.379. The second-order valence-electron chi connectivity index (χ2n) is 10.1. The molecule has 8 nitrogen and oxygen atoms in total.